The van der Waals surface area contributed by atoms with Crippen LogP contribution in [0.1, 0.15) is 44.7 Å². The second-order valence-electron chi connectivity index (χ2n) is 10.4. The van der Waals surface area contributed by atoms with Crippen LogP contribution in [0.2, 0.25) is 0 Å². The van der Waals surface area contributed by atoms with E-state index in [0.29, 0.717) is 35.7 Å². The fourth-order valence-electron chi connectivity index (χ4n) is 4.67. The smallest absolute Gasteiger partial charge is 0.255 e. The van der Waals surface area contributed by atoms with Crippen molar-refractivity contribution in [2.24, 2.45) is 0 Å². The molecule has 5 aromatic rings. The van der Waals surface area contributed by atoms with Crippen LogP contribution in [0.3, 0.4) is 0 Å². The normalized spacial score (nSPS) is 10.5. The molecule has 2 amide bonds. The van der Waals surface area contributed by atoms with Crippen molar-refractivity contribution < 1.29 is 19.1 Å². The van der Waals surface area contributed by atoms with Crippen LogP contribution in [-0.2, 0) is 12.8 Å². The van der Waals surface area contributed by atoms with Gasteiger partial charge in [0.2, 0.25) is 0 Å². The number of anilines is 2. The van der Waals surface area contributed by atoms with Gasteiger partial charge in [0.25, 0.3) is 11.8 Å². The minimum atomic E-state index is -0.257. The van der Waals surface area contributed by atoms with Gasteiger partial charge in [-0.15, -0.1) is 0 Å². The fraction of sp³-hybridized carbons (Fsp3) is 0.158. The molecule has 0 radical (unpaired) electrons. The summed E-state index contributed by atoms with van der Waals surface area (Å²) in [6, 6.07) is 41.9. The van der Waals surface area contributed by atoms with E-state index in [1.165, 1.54) is 11.1 Å². The molecule has 0 saturated carbocycles. The second kappa shape index (κ2) is 15.8. The summed E-state index contributed by atoms with van der Waals surface area (Å²) in [5, 5.41) is 5.78. The van der Waals surface area contributed by atoms with Gasteiger partial charge >= 0.3 is 0 Å². The summed E-state index contributed by atoms with van der Waals surface area (Å²) < 4.78 is 11.7. The quantitative estimate of drug-likeness (QED) is 0.129. The van der Waals surface area contributed by atoms with Crippen molar-refractivity contribution in [3.05, 3.63) is 156 Å². The van der Waals surface area contributed by atoms with E-state index in [0.717, 1.165) is 37.2 Å². The van der Waals surface area contributed by atoms with Gasteiger partial charge in [-0.25, -0.2) is 0 Å². The van der Waals surface area contributed by atoms with Crippen molar-refractivity contribution in [3.8, 4) is 11.5 Å². The number of ether oxygens (including phenoxy) is 2. The van der Waals surface area contributed by atoms with Crippen LogP contribution in [0.5, 0.6) is 11.5 Å². The molecular formula is C38H36N2O4. The summed E-state index contributed by atoms with van der Waals surface area (Å²) in [5.41, 5.74) is 4.83. The van der Waals surface area contributed by atoms with Crippen LogP contribution in [-0.4, -0.2) is 25.0 Å². The molecule has 5 aromatic carbocycles. The molecule has 222 valence electrons. The average molecular weight is 585 g/mol. The highest BCUT2D eigenvalue weighted by Crippen LogP contribution is 2.19. The molecular weight excluding hydrogens is 548 g/mol. The van der Waals surface area contributed by atoms with Crippen LogP contribution in [0, 0.1) is 0 Å². The summed E-state index contributed by atoms with van der Waals surface area (Å²) in [6.45, 7) is 1.24. The number of amides is 2. The fourth-order valence-corrected chi connectivity index (χ4v) is 4.67. The van der Waals surface area contributed by atoms with Gasteiger partial charge in [0, 0.05) is 22.5 Å². The van der Waals surface area contributed by atoms with Crippen molar-refractivity contribution in [2.45, 2.75) is 25.7 Å². The van der Waals surface area contributed by atoms with Gasteiger partial charge < -0.3 is 20.1 Å². The van der Waals surface area contributed by atoms with Crippen LogP contribution in [0.25, 0.3) is 0 Å². The molecule has 0 unspecified atom stereocenters. The van der Waals surface area contributed by atoms with E-state index in [-0.39, 0.29) is 11.8 Å². The van der Waals surface area contributed by atoms with Crippen LogP contribution >= 0.6 is 0 Å². The SMILES string of the molecule is O=C(Nc1ccc(OCCCc2ccccc2)cc1)c1ccc(C(=O)Nc2ccc(OCCCc3ccccc3)cc2)cc1. The molecule has 0 saturated heterocycles. The van der Waals surface area contributed by atoms with Gasteiger partial charge in [-0.05, 0) is 110 Å². The van der Waals surface area contributed by atoms with E-state index < -0.39 is 0 Å². The molecule has 0 aliphatic heterocycles. The third-order valence-corrected chi connectivity index (χ3v) is 7.08. The first kappa shape index (κ1) is 30.1. The number of hydrogen-bond donors (Lipinski definition) is 2. The summed E-state index contributed by atoms with van der Waals surface area (Å²) in [6.07, 6.45) is 3.78. The van der Waals surface area contributed by atoms with E-state index in [1.807, 2.05) is 84.9 Å². The second-order valence-corrected chi connectivity index (χ2v) is 10.4. The average Bonchev–Trinajstić information content (AvgIpc) is 3.07. The summed E-state index contributed by atoms with van der Waals surface area (Å²) >= 11 is 0. The van der Waals surface area contributed by atoms with Gasteiger partial charge in [-0.3, -0.25) is 9.59 Å². The predicted octanol–water partition coefficient (Wildman–Crippen LogP) is 8.21. The number of carbonyl (C=O) groups excluding carboxylic acids is 2. The first-order valence-electron chi connectivity index (χ1n) is 14.9. The Morgan fingerprint density at radius 2 is 0.818 bits per heavy atom. The Kier molecular flexibility index (Phi) is 10.8. The maximum Gasteiger partial charge on any atom is 0.255 e. The minimum absolute atomic E-state index is 0.257. The molecule has 2 N–H and O–H groups in total. The lowest BCUT2D eigenvalue weighted by atomic mass is 10.1. The van der Waals surface area contributed by atoms with E-state index in [2.05, 4.69) is 34.9 Å². The summed E-state index contributed by atoms with van der Waals surface area (Å²) in [4.78, 5) is 25.5. The lowest BCUT2D eigenvalue weighted by molar-refractivity contribution is 0.101. The third-order valence-electron chi connectivity index (χ3n) is 7.08. The van der Waals surface area contributed by atoms with Gasteiger partial charge in [0.05, 0.1) is 13.2 Å². The lowest BCUT2D eigenvalue weighted by Crippen LogP contribution is -2.14. The number of rotatable bonds is 14. The molecule has 0 aliphatic carbocycles. The van der Waals surface area contributed by atoms with Crippen molar-refractivity contribution in [2.75, 3.05) is 23.8 Å². The highest BCUT2D eigenvalue weighted by atomic mass is 16.5. The molecule has 0 fully saturated rings. The molecule has 0 atom stereocenters. The minimum Gasteiger partial charge on any atom is -0.494 e. The van der Waals surface area contributed by atoms with Gasteiger partial charge in [0.1, 0.15) is 11.5 Å². The number of carbonyl (C=O) groups is 2. The summed E-state index contributed by atoms with van der Waals surface area (Å²) in [5.74, 6) is 1.00. The Hall–Kier alpha value is -5.36. The molecule has 0 aromatic heterocycles. The van der Waals surface area contributed by atoms with Crippen molar-refractivity contribution in [3.63, 3.8) is 0 Å². The van der Waals surface area contributed by atoms with E-state index in [1.54, 1.807) is 24.3 Å². The molecule has 5 rings (SSSR count). The number of hydrogen-bond acceptors (Lipinski definition) is 4. The molecule has 0 bridgehead atoms. The molecule has 6 nitrogen and oxygen atoms in total. The molecule has 0 spiro atoms. The first-order valence-corrected chi connectivity index (χ1v) is 14.9. The Labute approximate surface area is 258 Å². The Morgan fingerprint density at radius 1 is 0.455 bits per heavy atom. The third kappa shape index (κ3) is 9.33. The molecule has 0 aliphatic rings. The van der Waals surface area contributed by atoms with Crippen LogP contribution in [0.15, 0.2) is 133 Å². The summed E-state index contributed by atoms with van der Waals surface area (Å²) in [7, 11) is 0. The lowest BCUT2D eigenvalue weighted by Gasteiger charge is -2.10. The Bertz CT molecular complexity index is 1480. The Morgan fingerprint density at radius 3 is 1.18 bits per heavy atom. The van der Waals surface area contributed by atoms with Gasteiger partial charge in [0.15, 0.2) is 0 Å². The van der Waals surface area contributed by atoms with E-state index in [9.17, 15) is 9.59 Å². The molecule has 44 heavy (non-hydrogen) atoms. The molecule has 0 heterocycles. The standard InChI is InChI=1S/C38H36N2O4/c41-37(39-33-19-23-35(24-20-33)43-27-7-13-29-9-3-1-4-10-29)31-15-17-32(18-16-31)38(42)40-34-21-25-36(26-22-34)44-28-8-14-30-11-5-2-6-12-30/h1-6,9-12,15-26H,7-8,13-14,27-28H2,(H,39,41)(H,40,42). The Balaban J connectivity index is 1.03. The van der Waals surface area contributed by atoms with E-state index in [4.69, 9.17) is 9.47 Å². The largest absolute Gasteiger partial charge is 0.494 e. The number of benzene rings is 5. The topological polar surface area (TPSA) is 76.7 Å². The monoisotopic (exact) mass is 584 g/mol. The first-order chi connectivity index (χ1) is 21.6. The highest BCUT2D eigenvalue weighted by molar-refractivity contribution is 6.07. The number of nitrogens with one attached hydrogen (secondary N) is 2. The highest BCUT2D eigenvalue weighted by Gasteiger charge is 2.10. The maximum atomic E-state index is 12.8. The van der Waals surface area contributed by atoms with Gasteiger partial charge in [-0.1, -0.05) is 60.7 Å². The van der Waals surface area contributed by atoms with E-state index >= 15 is 0 Å². The van der Waals surface area contributed by atoms with Crippen molar-refractivity contribution in [1.82, 2.24) is 0 Å². The zero-order valence-corrected chi connectivity index (χ0v) is 24.6. The van der Waals surface area contributed by atoms with Crippen molar-refractivity contribution in [1.29, 1.82) is 0 Å². The van der Waals surface area contributed by atoms with Gasteiger partial charge in [-0.2, -0.15) is 0 Å². The van der Waals surface area contributed by atoms with Crippen molar-refractivity contribution >= 4 is 23.2 Å². The maximum absolute atomic E-state index is 12.8. The number of aryl methyl sites for hydroxylation is 2. The molecule has 6 heteroatoms. The zero-order chi connectivity index (χ0) is 30.4. The predicted molar refractivity (Wildman–Crippen MR) is 176 cm³/mol. The van der Waals surface area contributed by atoms with Crippen LogP contribution in [0.4, 0.5) is 11.4 Å². The van der Waals surface area contributed by atoms with Crippen LogP contribution < -0.4 is 20.1 Å². The zero-order valence-electron chi connectivity index (χ0n) is 24.6.